The largest absolute Gasteiger partial charge is 0.369 e. The molecule has 1 radical (unpaired) electrons. The molecule has 4 amide bonds. The second-order valence-corrected chi connectivity index (χ2v) is 6.94. The number of primary amides is 1. The normalized spacial score (nSPS) is 23.0. The molecule has 9 nitrogen and oxygen atoms in total. The summed E-state index contributed by atoms with van der Waals surface area (Å²) < 4.78 is 0. The molecule has 0 spiro atoms. The van der Waals surface area contributed by atoms with E-state index in [9.17, 15) is 24.0 Å². The monoisotopic (exact) mass is 365 g/mol. The predicted molar refractivity (Wildman–Crippen MR) is 91.2 cm³/mol. The number of hydrogen-bond acceptors (Lipinski definition) is 5. The van der Waals surface area contributed by atoms with Crippen LogP contribution in [0.15, 0.2) is 0 Å². The zero-order valence-electron chi connectivity index (χ0n) is 15.3. The molecule has 0 bridgehead atoms. The van der Waals surface area contributed by atoms with Gasteiger partial charge in [-0.2, -0.15) is 0 Å². The molecule has 2 aliphatic rings. The van der Waals surface area contributed by atoms with Crippen molar-refractivity contribution in [2.75, 3.05) is 26.7 Å². The third-order valence-electron chi connectivity index (χ3n) is 5.07. The van der Waals surface area contributed by atoms with Crippen molar-refractivity contribution >= 4 is 29.4 Å². The summed E-state index contributed by atoms with van der Waals surface area (Å²) in [5.74, 6) is -2.00. The maximum atomic E-state index is 12.4. The van der Waals surface area contributed by atoms with Gasteiger partial charge in [0.1, 0.15) is 6.04 Å². The molecule has 2 aliphatic heterocycles. The SMILES string of the molecule is CC(=O)N(C)CC(=O)N1CC(=O)C2C1CCN2C(=O)[CH]CC(C)C(N)=O. The van der Waals surface area contributed by atoms with Crippen LogP contribution < -0.4 is 5.73 Å². The number of fused-ring (bicyclic) bond motifs is 1. The Balaban J connectivity index is 2.00. The lowest BCUT2D eigenvalue weighted by Crippen LogP contribution is -2.45. The number of nitrogens with zero attached hydrogens (tertiary/aromatic N) is 3. The fraction of sp³-hybridized carbons (Fsp3) is 0.647. The lowest BCUT2D eigenvalue weighted by molar-refractivity contribution is -0.139. The van der Waals surface area contributed by atoms with Gasteiger partial charge in [-0.1, -0.05) is 6.92 Å². The van der Waals surface area contributed by atoms with Crippen LogP contribution in [0.4, 0.5) is 0 Å². The quantitative estimate of drug-likeness (QED) is 0.618. The van der Waals surface area contributed by atoms with E-state index in [0.29, 0.717) is 13.0 Å². The molecular weight excluding hydrogens is 340 g/mol. The van der Waals surface area contributed by atoms with E-state index in [4.69, 9.17) is 5.73 Å². The highest BCUT2D eigenvalue weighted by Gasteiger charge is 2.51. The molecular formula is C17H25N4O5. The number of ketones is 1. The number of carbonyl (C=O) groups excluding carboxylic acids is 5. The van der Waals surface area contributed by atoms with Gasteiger partial charge in [0.05, 0.1) is 25.6 Å². The van der Waals surface area contributed by atoms with E-state index in [-0.39, 0.29) is 49.1 Å². The lowest BCUT2D eigenvalue weighted by atomic mass is 10.0. The number of likely N-dealkylation sites (tertiary alicyclic amines) is 2. The van der Waals surface area contributed by atoms with Crippen molar-refractivity contribution in [3.63, 3.8) is 0 Å². The molecule has 0 saturated carbocycles. The van der Waals surface area contributed by atoms with Crippen LogP contribution in [0.1, 0.15) is 26.7 Å². The Morgan fingerprint density at radius 2 is 1.96 bits per heavy atom. The van der Waals surface area contributed by atoms with E-state index in [1.165, 1.54) is 35.1 Å². The van der Waals surface area contributed by atoms with Gasteiger partial charge in [-0.15, -0.1) is 0 Å². The summed E-state index contributed by atoms with van der Waals surface area (Å²) in [7, 11) is 1.52. The minimum absolute atomic E-state index is 0.0542. The molecule has 2 fully saturated rings. The number of carbonyl (C=O) groups is 5. The average Bonchev–Trinajstić information content (AvgIpc) is 3.13. The van der Waals surface area contributed by atoms with Gasteiger partial charge in [-0.05, 0) is 12.8 Å². The van der Waals surface area contributed by atoms with Crippen LogP contribution in [0.2, 0.25) is 0 Å². The summed E-state index contributed by atoms with van der Waals surface area (Å²) in [6, 6.07) is -1.02. The minimum atomic E-state index is -0.658. The van der Waals surface area contributed by atoms with Gasteiger partial charge in [0.25, 0.3) is 0 Å². The Kier molecular flexibility index (Phi) is 5.99. The summed E-state index contributed by atoms with van der Waals surface area (Å²) in [6.45, 7) is 3.22. The van der Waals surface area contributed by atoms with Crippen molar-refractivity contribution in [2.24, 2.45) is 11.7 Å². The number of rotatable bonds is 6. The van der Waals surface area contributed by atoms with E-state index in [1.807, 2.05) is 0 Å². The van der Waals surface area contributed by atoms with Crippen molar-refractivity contribution < 1.29 is 24.0 Å². The Bertz CT molecular complexity index is 635. The predicted octanol–water partition coefficient (Wildman–Crippen LogP) is -1.44. The van der Waals surface area contributed by atoms with Crippen LogP contribution in [0, 0.1) is 12.3 Å². The summed E-state index contributed by atoms with van der Waals surface area (Å²) in [6.07, 6.45) is 2.10. The van der Waals surface area contributed by atoms with E-state index in [0.717, 1.165) is 0 Å². The maximum absolute atomic E-state index is 12.4. The van der Waals surface area contributed by atoms with Crippen molar-refractivity contribution in [2.45, 2.75) is 38.8 Å². The molecule has 3 atom stereocenters. The van der Waals surface area contributed by atoms with Gasteiger partial charge >= 0.3 is 0 Å². The molecule has 2 rings (SSSR count). The molecule has 0 aromatic rings. The third-order valence-corrected chi connectivity index (χ3v) is 5.07. The molecule has 0 aromatic carbocycles. The van der Waals surface area contributed by atoms with E-state index in [1.54, 1.807) is 6.92 Å². The Morgan fingerprint density at radius 3 is 2.54 bits per heavy atom. The van der Waals surface area contributed by atoms with Gasteiger partial charge in [0, 0.05) is 26.4 Å². The summed E-state index contributed by atoms with van der Waals surface area (Å²) in [4.78, 5) is 63.8. The average molecular weight is 365 g/mol. The molecule has 2 N–H and O–H groups in total. The smallest absolute Gasteiger partial charge is 0.242 e. The number of likely N-dealkylation sites (N-methyl/N-ethyl adjacent to an activating group) is 1. The van der Waals surface area contributed by atoms with Crippen LogP contribution >= 0.6 is 0 Å². The van der Waals surface area contributed by atoms with Crippen LogP contribution in [0.5, 0.6) is 0 Å². The second kappa shape index (κ2) is 7.84. The first-order valence-corrected chi connectivity index (χ1v) is 8.60. The molecule has 2 heterocycles. The molecule has 3 unspecified atom stereocenters. The maximum Gasteiger partial charge on any atom is 0.242 e. The Morgan fingerprint density at radius 1 is 1.31 bits per heavy atom. The standard InChI is InChI=1S/C17H25N4O5/c1-10(17(18)26)4-5-14(24)20-7-6-12-16(20)13(23)8-21(12)15(25)9-19(3)11(2)22/h5,10,12,16H,4,6-9H2,1-3H3,(H2,18,26). The second-order valence-electron chi connectivity index (χ2n) is 6.94. The Hall–Kier alpha value is -2.45. The summed E-state index contributed by atoms with van der Waals surface area (Å²) in [5.41, 5.74) is 5.19. The molecule has 143 valence electrons. The summed E-state index contributed by atoms with van der Waals surface area (Å²) >= 11 is 0. The van der Waals surface area contributed by atoms with E-state index < -0.39 is 17.9 Å². The molecule has 9 heteroatoms. The van der Waals surface area contributed by atoms with Crippen molar-refractivity contribution in [1.82, 2.24) is 14.7 Å². The number of amides is 4. The van der Waals surface area contributed by atoms with E-state index in [2.05, 4.69) is 0 Å². The topological polar surface area (TPSA) is 121 Å². The molecule has 0 aromatic heterocycles. The van der Waals surface area contributed by atoms with Crippen molar-refractivity contribution in [3.05, 3.63) is 6.42 Å². The van der Waals surface area contributed by atoms with Gasteiger partial charge in [-0.25, -0.2) is 0 Å². The molecule has 26 heavy (non-hydrogen) atoms. The number of Topliss-reactive ketones (excluding diaryl/α,β-unsaturated/α-hetero) is 1. The van der Waals surface area contributed by atoms with Crippen LogP contribution in [0.25, 0.3) is 0 Å². The van der Waals surface area contributed by atoms with Gasteiger partial charge in [0.15, 0.2) is 5.78 Å². The zero-order valence-corrected chi connectivity index (χ0v) is 15.3. The number of nitrogens with two attached hydrogens (primary N) is 1. The first kappa shape index (κ1) is 19.9. The van der Waals surface area contributed by atoms with Crippen LogP contribution in [-0.2, 0) is 24.0 Å². The Labute approximate surface area is 152 Å². The highest BCUT2D eigenvalue weighted by Crippen LogP contribution is 2.30. The van der Waals surface area contributed by atoms with Crippen molar-refractivity contribution in [1.29, 1.82) is 0 Å². The van der Waals surface area contributed by atoms with Gasteiger partial charge < -0.3 is 20.4 Å². The highest BCUT2D eigenvalue weighted by atomic mass is 16.2. The fourth-order valence-corrected chi connectivity index (χ4v) is 3.31. The van der Waals surface area contributed by atoms with Crippen LogP contribution in [0.3, 0.4) is 0 Å². The van der Waals surface area contributed by atoms with E-state index >= 15 is 0 Å². The van der Waals surface area contributed by atoms with Gasteiger partial charge in [0.2, 0.25) is 23.6 Å². The highest BCUT2D eigenvalue weighted by molar-refractivity contribution is 5.99. The summed E-state index contributed by atoms with van der Waals surface area (Å²) in [5, 5.41) is 0. The fourth-order valence-electron chi connectivity index (χ4n) is 3.31. The minimum Gasteiger partial charge on any atom is -0.369 e. The first-order chi connectivity index (χ1) is 12.1. The molecule has 2 saturated heterocycles. The third kappa shape index (κ3) is 4.03. The molecule has 0 aliphatic carbocycles. The first-order valence-electron chi connectivity index (χ1n) is 8.60. The van der Waals surface area contributed by atoms with Gasteiger partial charge in [-0.3, -0.25) is 24.0 Å². The van der Waals surface area contributed by atoms with Crippen LogP contribution in [-0.4, -0.2) is 82.9 Å². The lowest BCUT2D eigenvalue weighted by Gasteiger charge is -2.26. The number of hydrogen-bond donors (Lipinski definition) is 1. The zero-order chi connectivity index (χ0) is 19.6. The van der Waals surface area contributed by atoms with Crippen molar-refractivity contribution in [3.8, 4) is 0 Å².